The first-order valence-corrected chi connectivity index (χ1v) is 11.9. The van der Waals surface area contributed by atoms with Gasteiger partial charge in [0.2, 0.25) is 5.95 Å². The highest BCUT2D eigenvalue weighted by atomic mass is 32.1. The van der Waals surface area contributed by atoms with Crippen LogP contribution in [0.2, 0.25) is 0 Å². The maximum Gasteiger partial charge on any atom is 0.256 e. The molecule has 4 aromatic rings. The maximum atomic E-state index is 13.0. The molecule has 0 radical (unpaired) electrons. The second-order valence-electron chi connectivity index (χ2n) is 8.17. The van der Waals surface area contributed by atoms with Crippen LogP contribution in [-0.4, -0.2) is 23.0 Å². The van der Waals surface area contributed by atoms with E-state index in [1.807, 2.05) is 74.5 Å². The summed E-state index contributed by atoms with van der Waals surface area (Å²) in [5, 5.41) is 7.47. The number of nitrogens with zero attached hydrogens (tertiary/aromatic N) is 2. The number of hydrogen-bond donors (Lipinski definition) is 2. The summed E-state index contributed by atoms with van der Waals surface area (Å²) in [6.45, 7) is 8.05. The molecule has 34 heavy (non-hydrogen) atoms. The van der Waals surface area contributed by atoms with Crippen molar-refractivity contribution >= 4 is 28.2 Å². The first-order valence-electron chi connectivity index (χ1n) is 11.0. The van der Waals surface area contributed by atoms with E-state index < -0.39 is 0 Å². The van der Waals surface area contributed by atoms with E-state index in [0.717, 1.165) is 43.7 Å². The summed E-state index contributed by atoms with van der Waals surface area (Å²) in [5.74, 6) is 1.15. The predicted octanol–water partition coefficient (Wildman–Crippen LogP) is 6.23. The highest BCUT2D eigenvalue weighted by Crippen LogP contribution is 2.41. The van der Waals surface area contributed by atoms with Gasteiger partial charge in [-0.2, -0.15) is 0 Å². The van der Waals surface area contributed by atoms with Crippen molar-refractivity contribution in [3.63, 3.8) is 0 Å². The molecule has 4 rings (SSSR count). The minimum absolute atomic E-state index is 0.143. The van der Waals surface area contributed by atoms with Crippen molar-refractivity contribution in [2.75, 3.05) is 17.7 Å². The number of anilines is 2. The molecule has 2 aromatic carbocycles. The standard InChI is InChI=1S/C27H28N4O2S/c1-16-14-17(2)29-27(28-16)30-24(21-12-9-13-22(15-21)33-5)23-18(3)19(4)34-26(23)31-25(32)20-10-7-6-8-11-20/h6-15,24H,1-5H3,(H,31,32)(H,28,29,30). The molecule has 1 amide bonds. The van der Waals surface area contributed by atoms with Crippen LogP contribution in [0.25, 0.3) is 0 Å². The minimum Gasteiger partial charge on any atom is -0.497 e. The van der Waals surface area contributed by atoms with Crippen LogP contribution in [-0.2, 0) is 0 Å². The van der Waals surface area contributed by atoms with E-state index in [-0.39, 0.29) is 11.9 Å². The first-order chi connectivity index (χ1) is 16.4. The molecule has 0 spiro atoms. The number of carbonyl (C=O) groups excluding carboxylic acids is 1. The van der Waals surface area contributed by atoms with Gasteiger partial charge in [0.15, 0.2) is 0 Å². The number of ether oxygens (including phenoxy) is 1. The van der Waals surface area contributed by atoms with Crippen molar-refractivity contribution in [3.05, 3.63) is 99.2 Å². The van der Waals surface area contributed by atoms with E-state index in [4.69, 9.17) is 4.74 Å². The third-order valence-electron chi connectivity index (χ3n) is 5.67. The topological polar surface area (TPSA) is 76.1 Å². The number of aryl methyl sites for hydroxylation is 3. The van der Waals surface area contributed by atoms with E-state index in [2.05, 4.69) is 34.4 Å². The Morgan fingerprint density at radius 1 is 0.941 bits per heavy atom. The van der Waals surface area contributed by atoms with Gasteiger partial charge in [-0.1, -0.05) is 30.3 Å². The van der Waals surface area contributed by atoms with Crippen LogP contribution in [0, 0.1) is 27.7 Å². The SMILES string of the molecule is COc1cccc(C(Nc2nc(C)cc(C)n2)c2c(NC(=O)c3ccccc3)sc(C)c2C)c1. The van der Waals surface area contributed by atoms with E-state index in [9.17, 15) is 4.79 Å². The number of thiophene rings is 1. The van der Waals surface area contributed by atoms with Crippen LogP contribution in [0.4, 0.5) is 10.9 Å². The summed E-state index contributed by atoms with van der Waals surface area (Å²) in [5.41, 5.74) is 5.46. The number of rotatable bonds is 7. The van der Waals surface area contributed by atoms with Gasteiger partial charge < -0.3 is 15.4 Å². The molecular formula is C27H28N4O2S. The molecule has 0 aliphatic heterocycles. The van der Waals surface area contributed by atoms with Crippen molar-refractivity contribution in [2.24, 2.45) is 0 Å². The van der Waals surface area contributed by atoms with Gasteiger partial charge in [-0.3, -0.25) is 4.79 Å². The number of aromatic nitrogens is 2. The third-order valence-corrected chi connectivity index (χ3v) is 6.80. The molecule has 0 saturated heterocycles. The molecule has 6 nitrogen and oxygen atoms in total. The van der Waals surface area contributed by atoms with Gasteiger partial charge in [-0.05, 0) is 69.2 Å². The first kappa shape index (κ1) is 23.4. The molecule has 2 aromatic heterocycles. The molecule has 1 unspecified atom stereocenters. The molecule has 1 atom stereocenters. The van der Waals surface area contributed by atoms with E-state index in [1.165, 1.54) is 0 Å². The van der Waals surface area contributed by atoms with E-state index >= 15 is 0 Å². The van der Waals surface area contributed by atoms with Gasteiger partial charge in [0.05, 0.1) is 13.2 Å². The van der Waals surface area contributed by atoms with Gasteiger partial charge in [0, 0.05) is 27.4 Å². The highest BCUT2D eigenvalue weighted by molar-refractivity contribution is 7.16. The van der Waals surface area contributed by atoms with Crippen molar-refractivity contribution in [1.82, 2.24) is 9.97 Å². The van der Waals surface area contributed by atoms with Crippen molar-refractivity contribution in [3.8, 4) is 5.75 Å². The van der Waals surface area contributed by atoms with Crippen molar-refractivity contribution in [2.45, 2.75) is 33.7 Å². The molecule has 0 fully saturated rings. The van der Waals surface area contributed by atoms with Gasteiger partial charge in [-0.25, -0.2) is 9.97 Å². The lowest BCUT2D eigenvalue weighted by Gasteiger charge is -2.22. The summed E-state index contributed by atoms with van der Waals surface area (Å²) < 4.78 is 5.49. The van der Waals surface area contributed by atoms with Crippen LogP contribution in [0.1, 0.15) is 49.4 Å². The van der Waals surface area contributed by atoms with Gasteiger partial charge >= 0.3 is 0 Å². The molecule has 0 bridgehead atoms. The van der Waals surface area contributed by atoms with Crippen molar-refractivity contribution in [1.29, 1.82) is 0 Å². The molecule has 174 valence electrons. The fourth-order valence-corrected chi connectivity index (χ4v) is 5.01. The van der Waals surface area contributed by atoms with Gasteiger partial charge in [0.1, 0.15) is 10.8 Å². The lowest BCUT2D eigenvalue weighted by Crippen LogP contribution is -2.19. The van der Waals surface area contributed by atoms with Crippen LogP contribution < -0.4 is 15.4 Å². The lowest BCUT2D eigenvalue weighted by atomic mass is 9.96. The summed E-state index contributed by atoms with van der Waals surface area (Å²) in [4.78, 5) is 23.4. The summed E-state index contributed by atoms with van der Waals surface area (Å²) in [6, 6.07) is 18.8. The Balaban J connectivity index is 1.81. The Bertz CT molecular complexity index is 1300. The second kappa shape index (κ2) is 10.1. The summed E-state index contributed by atoms with van der Waals surface area (Å²) in [6.07, 6.45) is 0. The zero-order chi connectivity index (χ0) is 24.2. The normalized spacial score (nSPS) is 11.7. The maximum absolute atomic E-state index is 13.0. The number of hydrogen-bond acceptors (Lipinski definition) is 6. The molecule has 0 saturated carbocycles. The Morgan fingerprint density at radius 2 is 1.65 bits per heavy atom. The second-order valence-corrected chi connectivity index (χ2v) is 9.40. The third kappa shape index (κ3) is 5.10. The van der Waals surface area contributed by atoms with Crippen molar-refractivity contribution < 1.29 is 9.53 Å². The average Bonchev–Trinajstić information content (AvgIpc) is 3.10. The largest absolute Gasteiger partial charge is 0.497 e. The Kier molecular flexibility index (Phi) is 6.93. The van der Waals surface area contributed by atoms with Crippen LogP contribution in [0.3, 0.4) is 0 Å². The quantitative estimate of drug-likeness (QED) is 0.333. The number of methoxy groups -OCH3 is 1. The number of benzene rings is 2. The van der Waals surface area contributed by atoms with E-state index in [1.54, 1.807) is 18.4 Å². The molecule has 0 aliphatic carbocycles. The Hall–Kier alpha value is -3.71. The fourth-order valence-electron chi connectivity index (χ4n) is 3.91. The molecule has 0 aliphatic rings. The van der Waals surface area contributed by atoms with E-state index in [0.29, 0.717) is 11.5 Å². The average molecular weight is 473 g/mol. The van der Waals surface area contributed by atoms with Gasteiger partial charge in [-0.15, -0.1) is 11.3 Å². The van der Waals surface area contributed by atoms with Crippen LogP contribution >= 0.6 is 11.3 Å². The number of amides is 1. The van der Waals surface area contributed by atoms with Gasteiger partial charge in [0.25, 0.3) is 5.91 Å². The zero-order valence-corrected chi connectivity index (χ0v) is 20.8. The lowest BCUT2D eigenvalue weighted by molar-refractivity contribution is 0.102. The van der Waals surface area contributed by atoms with Crippen LogP contribution in [0.15, 0.2) is 60.7 Å². The molecule has 2 N–H and O–H groups in total. The summed E-state index contributed by atoms with van der Waals surface area (Å²) in [7, 11) is 1.65. The fraction of sp³-hybridized carbons (Fsp3) is 0.222. The zero-order valence-electron chi connectivity index (χ0n) is 20.0. The Labute approximate surface area is 204 Å². The van der Waals surface area contributed by atoms with Crippen LogP contribution in [0.5, 0.6) is 5.75 Å². The highest BCUT2D eigenvalue weighted by Gasteiger charge is 2.26. The smallest absolute Gasteiger partial charge is 0.256 e. The minimum atomic E-state index is -0.299. The number of carbonyl (C=O) groups is 1. The molecule has 2 heterocycles. The molecular weight excluding hydrogens is 444 g/mol. The predicted molar refractivity (Wildman–Crippen MR) is 138 cm³/mol. The Morgan fingerprint density at radius 3 is 2.32 bits per heavy atom. The summed E-state index contributed by atoms with van der Waals surface area (Å²) >= 11 is 1.57. The monoisotopic (exact) mass is 472 g/mol. The molecule has 7 heteroatoms. The number of nitrogens with one attached hydrogen (secondary N) is 2.